The van der Waals surface area contributed by atoms with Crippen LogP contribution >= 0.6 is 22.9 Å². The first-order valence-electron chi connectivity index (χ1n) is 9.32. The molecule has 3 aromatic heterocycles. The number of benzene rings is 1. The number of ether oxygens (including phenoxy) is 1. The highest BCUT2D eigenvalue weighted by Crippen LogP contribution is 2.34. The molecule has 0 spiro atoms. The van der Waals surface area contributed by atoms with E-state index in [0.717, 1.165) is 40.6 Å². The number of aromatic nitrogens is 6. The zero-order valence-corrected chi connectivity index (χ0v) is 16.7. The number of fused-ring (bicyclic) bond motifs is 1. The molecule has 0 bridgehead atoms. The third-order valence-corrected chi connectivity index (χ3v) is 6.18. The standard InChI is InChI=1S/C19H19ClN6OS/c20-14-4-5-16-13(7-14)8-17(28-16)19-23-18(10-25-12-21-11-22-25)24-26(19)9-15-3-1-2-6-27-15/h4-5,7-8,11-12,15H,1-3,6,9-10H2. The maximum Gasteiger partial charge on any atom is 0.172 e. The predicted octanol–water partition coefficient (Wildman–Crippen LogP) is 4.02. The lowest BCUT2D eigenvalue weighted by Gasteiger charge is -2.22. The fourth-order valence-electron chi connectivity index (χ4n) is 3.49. The average molecular weight is 415 g/mol. The molecule has 9 heteroatoms. The van der Waals surface area contributed by atoms with Gasteiger partial charge in [-0.05, 0) is 48.9 Å². The fourth-order valence-corrected chi connectivity index (χ4v) is 4.71. The van der Waals surface area contributed by atoms with E-state index in [2.05, 4.69) is 16.1 Å². The minimum atomic E-state index is 0.178. The molecular weight excluding hydrogens is 396 g/mol. The van der Waals surface area contributed by atoms with Gasteiger partial charge in [-0.1, -0.05) is 11.6 Å². The summed E-state index contributed by atoms with van der Waals surface area (Å²) in [6, 6.07) is 8.08. The maximum atomic E-state index is 6.16. The van der Waals surface area contributed by atoms with Crippen LogP contribution in [0.25, 0.3) is 20.8 Å². The highest BCUT2D eigenvalue weighted by molar-refractivity contribution is 7.22. The molecule has 5 rings (SSSR count). The average Bonchev–Trinajstić information content (AvgIpc) is 3.42. The molecule has 0 aliphatic carbocycles. The van der Waals surface area contributed by atoms with Gasteiger partial charge in [-0.2, -0.15) is 10.2 Å². The summed E-state index contributed by atoms with van der Waals surface area (Å²) in [6.45, 7) is 2.01. The van der Waals surface area contributed by atoms with Gasteiger partial charge in [0.2, 0.25) is 0 Å². The van der Waals surface area contributed by atoms with Gasteiger partial charge in [0.05, 0.1) is 17.5 Å². The summed E-state index contributed by atoms with van der Waals surface area (Å²) >= 11 is 7.86. The van der Waals surface area contributed by atoms with Crippen LogP contribution in [-0.4, -0.2) is 42.2 Å². The van der Waals surface area contributed by atoms with E-state index in [-0.39, 0.29) is 6.10 Å². The van der Waals surface area contributed by atoms with E-state index in [1.807, 2.05) is 22.9 Å². The molecule has 0 saturated carbocycles. The summed E-state index contributed by atoms with van der Waals surface area (Å²) in [6.07, 6.45) is 6.75. The molecule has 0 N–H and O–H groups in total. The monoisotopic (exact) mass is 414 g/mol. The van der Waals surface area contributed by atoms with Crippen LogP contribution < -0.4 is 0 Å². The number of thiophene rings is 1. The van der Waals surface area contributed by atoms with Crippen molar-refractivity contribution in [3.05, 3.63) is 47.8 Å². The van der Waals surface area contributed by atoms with Gasteiger partial charge in [-0.15, -0.1) is 11.3 Å². The highest BCUT2D eigenvalue weighted by Gasteiger charge is 2.20. The van der Waals surface area contributed by atoms with Gasteiger partial charge in [0.15, 0.2) is 11.6 Å². The van der Waals surface area contributed by atoms with Crippen molar-refractivity contribution in [2.45, 2.75) is 38.5 Å². The molecule has 144 valence electrons. The fraction of sp³-hybridized carbons (Fsp3) is 0.368. The predicted molar refractivity (Wildman–Crippen MR) is 109 cm³/mol. The molecule has 1 aliphatic heterocycles. The lowest BCUT2D eigenvalue weighted by atomic mass is 10.1. The first-order chi connectivity index (χ1) is 13.7. The van der Waals surface area contributed by atoms with Crippen molar-refractivity contribution in [3.8, 4) is 10.7 Å². The molecule has 1 fully saturated rings. The van der Waals surface area contributed by atoms with Gasteiger partial charge in [0, 0.05) is 16.3 Å². The molecule has 1 unspecified atom stereocenters. The summed E-state index contributed by atoms with van der Waals surface area (Å²) < 4.78 is 10.8. The first-order valence-corrected chi connectivity index (χ1v) is 10.5. The third kappa shape index (κ3) is 3.67. The normalized spacial score (nSPS) is 17.4. The topological polar surface area (TPSA) is 70.7 Å². The molecule has 4 heterocycles. The van der Waals surface area contributed by atoms with E-state index >= 15 is 0 Å². The summed E-state index contributed by atoms with van der Waals surface area (Å²) in [5, 5.41) is 10.8. The van der Waals surface area contributed by atoms with Crippen molar-refractivity contribution in [1.82, 2.24) is 29.5 Å². The molecule has 28 heavy (non-hydrogen) atoms. The summed E-state index contributed by atoms with van der Waals surface area (Å²) in [7, 11) is 0. The van der Waals surface area contributed by atoms with Crippen LogP contribution in [0.2, 0.25) is 5.02 Å². The van der Waals surface area contributed by atoms with Crippen LogP contribution in [0.4, 0.5) is 0 Å². The van der Waals surface area contributed by atoms with Gasteiger partial charge in [-0.25, -0.2) is 19.3 Å². The minimum Gasteiger partial charge on any atom is -0.376 e. The van der Waals surface area contributed by atoms with Gasteiger partial charge >= 0.3 is 0 Å². The Hall–Kier alpha value is -2.29. The van der Waals surface area contributed by atoms with Gasteiger partial charge in [-0.3, -0.25) is 0 Å². The molecule has 1 atom stereocenters. The van der Waals surface area contributed by atoms with E-state index in [1.165, 1.54) is 17.4 Å². The maximum absolute atomic E-state index is 6.16. The highest BCUT2D eigenvalue weighted by atomic mass is 35.5. The smallest absolute Gasteiger partial charge is 0.172 e. The molecule has 0 amide bonds. The zero-order chi connectivity index (χ0) is 18.9. The van der Waals surface area contributed by atoms with Crippen molar-refractivity contribution in [1.29, 1.82) is 0 Å². The summed E-state index contributed by atoms with van der Waals surface area (Å²) in [4.78, 5) is 9.89. The van der Waals surface area contributed by atoms with E-state index in [0.29, 0.717) is 18.9 Å². The molecule has 1 saturated heterocycles. The Morgan fingerprint density at radius 1 is 1.25 bits per heavy atom. The molecule has 1 aliphatic rings. The molecule has 4 aromatic rings. The number of rotatable bonds is 5. The van der Waals surface area contributed by atoms with Crippen LogP contribution in [0.1, 0.15) is 25.1 Å². The van der Waals surface area contributed by atoms with Crippen molar-refractivity contribution >= 4 is 33.0 Å². The van der Waals surface area contributed by atoms with Crippen LogP contribution in [-0.2, 0) is 17.8 Å². The Bertz CT molecular complexity index is 1080. The first kappa shape index (κ1) is 17.8. The van der Waals surface area contributed by atoms with Crippen molar-refractivity contribution in [2.24, 2.45) is 0 Å². The second-order valence-corrected chi connectivity index (χ2v) is 8.43. The Kier molecular flexibility index (Phi) is 4.84. The number of hydrogen-bond donors (Lipinski definition) is 0. The van der Waals surface area contributed by atoms with E-state index in [1.54, 1.807) is 22.3 Å². The van der Waals surface area contributed by atoms with Gasteiger partial charge < -0.3 is 4.74 Å². The second kappa shape index (κ2) is 7.62. The van der Waals surface area contributed by atoms with E-state index < -0.39 is 0 Å². The quantitative estimate of drug-likeness (QED) is 0.493. The summed E-state index contributed by atoms with van der Waals surface area (Å²) in [5.74, 6) is 1.58. The Morgan fingerprint density at radius 3 is 3.04 bits per heavy atom. The third-order valence-electron chi connectivity index (χ3n) is 4.83. The summed E-state index contributed by atoms with van der Waals surface area (Å²) in [5.41, 5.74) is 0. The van der Waals surface area contributed by atoms with Crippen LogP contribution in [0, 0.1) is 0 Å². The van der Waals surface area contributed by atoms with Gasteiger partial charge in [0.1, 0.15) is 19.2 Å². The van der Waals surface area contributed by atoms with Crippen LogP contribution in [0.15, 0.2) is 36.9 Å². The van der Waals surface area contributed by atoms with Crippen molar-refractivity contribution in [3.63, 3.8) is 0 Å². The number of halogens is 1. The molecular formula is C19H19ClN6OS. The zero-order valence-electron chi connectivity index (χ0n) is 15.2. The van der Waals surface area contributed by atoms with E-state index in [4.69, 9.17) is 26.4 Å². The van der Waals surface area contributed by atoms with E-state index in [9.17, 15) is 0 Å². The van der Waals surface area contributed by atoms with Crippen LogP contribution in [0.3, 0.4) is 0 Å². The molecule has 0 radical (unpaired) electrons. The largest absolute Gasteiger partial charge is 0.376 e. The van der Waals surface area contributed by atoms with Gasteiger partial charge in [0.25, 0.3) is 0 Å². The minimum absolute atomic E-state index is 0.178. The molecule has 1 aromatic carbocycles. The van der Waals surface area contributed by atoms with Crippen LogP contribution in [0.5, 0.6) is 0 Å². The number of hydrogen-bond acceptors (Lipinski definition) is 6. The van der Waals surface area contributed by atoms with Crippen molar-refractivity contribution < 1.29 is 4.74 Å². The lowest BCUT2D eigenvalue weighted by Crippen LogP contribution is -2.25. The Balaban J connectivity index is 1.51. The molecule has 7 nitrogen and oxygen atoms in total. The van der Waals surface area contributed by atoms with Crippen molar-refractivity contribution in [2.75, 3.05) is 6.61 Å². The number of nitrogens with zero attached hydrogens (tertiary/aromatic N) is 6. The second-order valence-electron chi connectivity index (χ2n) is 6.91. The Morgan fingerprint density at radius 2 is 2.21 bits per heavy atom. The lowest BCUT2D eigenvalue weighted by molar-refractivity contribution is 0.00420. The SMILES string of the molecule is Clc1ccc2sc(-c3nc(Cn4cncn4)nn3CC3CCCCO3)cc2c1. The Labute approximate surface area is 170 Å².